The number of ether oxygens (including phenoxy) is 1. The molecule has 7 heteroatoms. The van der Waals surface area contributed by atoms with Gasteiger partial charge in [0.05, 0.1) is 13.3 Å². The Morgan fingerprint density at radius 3 is 3.00 bits per heavy atom. The van der Waals surface area contributed by atoms with Crippen molar-refractivity contribution in [3.8, 4) is 11.5 Å². The first-order valence-corrected chi connectivity index (χ1v) is 7.03. The Morgan fingerprint density at radius 1 is 1.57 bits per heavy atom. The Morgan fingerprint density at radius 2 is 2.38 bits per heavy atom. The van der Waals surface area contributed by atoms with Crippen molar-refractivity contribution in [2.24, 2.45) is 5.10 Å². The summed E-state index contributed by atoms with van der Waals surface area (Å²) < 4.78 is 5.15. The molecule has 0 saturated carbocycles. The number of hydrogen-bond acceptors (Lipinski definition) is 7. The third kappa shape index (κ3) is 3.73. The number of phenolic OH excluding ortho intramolecular Hbond substituents is 1. The van der Waals surface area contributed by atoms with Gasteiger partial charge >= 0.3 is 0 Å². The fourth-order valence-corrected chi connectivity index (χ4v) is 2.28. The van der Waals surface area contributed by atoms with Gasteiger partial charge in [-0.15, -0.1) is 17.9 Å². The summed E-state index contributed by atoms with van der Waals surface area (Å²) in [6.07, 6.45) is 3.87. The van der Waals surface area contributed by atoms with Gasteiger partial charge in [-0.3, -0.25) is 5.43 Å². The van der Waals surface area contributed by atoms with E-state index in [-0.39, 0.29) is 5.75 Å². The van der Waals surface area contributed by atoms with Crippen LogP contribution in [0.4, 0.5) is 10.9 Å². The highest BCUT2D eigenvalue weighted by molar-refractivity contribution is 7.14. The maximum atomic E-state index is 10.00. The van der Waals surface area contributed by atoms with Crippen LogP contribution in [0.25, 0.3) is 0 Å². The van der Waals surface area contributed by atoms with Crippen molar-refractivity contribution < 1.29 is 9.84 Å². The van der Waals surface area contributed by atoms with E-state index in [1.807, 2.05) is 6.07 Å². The number of thiazole rings is 1. The first-order chi connectivity index (χ1) is 10.1. The Labute approximate surface area is 126 Å². The number of nitrogens with zero attached hydrogens (tertiary/aromatic N) is 2. The van der Waals surface area contributed by atoms with Crippen molar-refractivity contribution >= 4 is 28.5 Å². The lowest BCUT2D eigenvalue weighted by Gasteiger charge is -2.09. The zero-order chi connectivity index (χ0) is 15.2. The molecule has 0 bridgehead atoms. The summed E-state index contributed by atoms with van der Waals surface area (Å²) in [5.74, 6) is 0.974. The van der Waals surface area contributed by atoms with Gasteiger partial charge < -0.3 is 15.6 Å². The van der Waals surface area contributed by atoms with Crippen LogP contribution in [-0.2, 0) is 6.42 Å². The second-order valence-electron chi connectivity index (χ2n) is 4.17. The molecule has 0 aliphatic carbocycles. The summed E-state index contributed by atoms with van der Waals surface area (Å²) in [4.78, 5) is 4.03. The summed E-state index contributed by atoms with van der Waals surface area (Å²) in [6.45, 7) is 3.67. The van der Waals surface area contributed by atoms with Crippen molar-refractivity contribution in [3.05, 3.63) is 41.3 Å². The van der Waals surface area contributed by atoms with Gasteiger partial charge in [0, 0.05) is 10.9 Å². The number of hydrazone groups is 1. The molecule has 0 amide bonds. The predicted octanol–water partition coefficient (Wildman–Crippen LogP) is 2.61. The van der Waals surface area contributed by atoms with Gasteiger partial charge in [-0.2, -0.15) is 5.10 Å². The highest BCUT2D eigenvalue weighted by atomic mass is 32.1. The quantitative estimate of drug-likeness (QED) is 0.433. The lowest BCUT2D eigenvalue weighted by molar-refractivity contribution is 0.371. The van der Waals surface area contributed by atoms with E-state index in [0.717, 1.165) is 11.1 Å². The number of phenols is 1. The summed E-state index contributed by atoms with van der Waals surface area (Å²) in [6, 6.07) is 3.52. The summed E-state index contributed by atoms with van der Waals surface area (Å²) in [5.41, 5.74) is 9.83. The first-order valence-electron chi connectivity index (χ1n) is 6.15. The summed E-state index contributed by atoms with van der Waals surface area (Å²) >= 11 is 1.37. The van der Waals surface area contributed by atoms with Crippen molar-refractivity contribution in [1.82, 2.24) is 4.98 Å². The second-order valence-corrected chi connectivity index (χ2v) is 5.03. The van der Waals surface area contributed by atoms with Gasteiger partial charge in [0.25, 0.3) is 0 Å². The number of aromatic hydroxyl groups is 1. The van der Waals surface area contributed by atoms with Crippen LogP contribution >= 0.6 is 11.3 Å². The molecule has 0 saturated heterocycles. The Bertz CT molecular complexity index is 667. The maximum absolute atomic E-state index is 10.00. The van der Waals surface area contributed by atoms with Crippen LogP contribution in [0.3, 0.4) is 0 Å². The minimum Gasteiger partial charge on any atom is -0.504 e. The van der Waals surface area contributed by atoms with E-state index in [9.17, 15) is 5.11 Å². The number of rotatable bonds is 6. The van der Waals surface area contributed by atoms with Gasteiger partial charge in [0.1, 0.15) is 5.82 Å². The number of benzene rings is 1. The molecule has 0 aliphatic rings. The number of nitrogens with two attached hydrogens (primary N) is 1. The highest BCUT2D eigenvalue weighted by Gasteiger charge is 2.08. The van der Waals surface area contributed by atoms with E-state index in [2.05, 4.69) is 22.1 Å². The largest absolute Gasteiger partial charge is 0.504 e. The Hall–Kier alpha value is -2.54. The molecule has 0 atom stereocenters. The zero-order valence-electron chi connectivity index (χ0n) is 11.5. The van der Waals surface area contributed by atoms with Crippen LogP contribution in [0.2, 0.25) is 0 Å². The summed E-state index contributed by atoms with van der Waals surface area (Å²) in [5, 5.41) is 16.4. The zero-order valence-corrected chi connectivity index (χ0v) is 12.4. The Balaban J connectivity index is 2.18. The monoisotopic (exact) mass is 304 g/mol. The van der Waals surface area contributed by atoms with E-state index >= 15 is 0 Å². The number of nitrogen functional groups attached to an aromatic ring is 1. The molecule has 0 aliphatic heterocycles. The average Bonchev–Trinajstić information content (AvgIpc) is 2.88. The number of aromatic nitrogens is 1. The smallest absolute Gasteiger partial charge is 0.205 e. The van der Waals surface area contributed by atoms with Crippen molar-refractivity contribution in [1.29, 1.82) is 0 Å². The van der Waals surface area contributed by atoms with Crippen molar-refractivity contribution in [2.45, 2.75) is 6.42 Å². The number of methoxy groups -OCH3 is 1. The number of allylic oxidation sites excluding steroid dienone is 1. The molecule has 0 unspecified atom stereocenters. The van der Waals surface area contributed by atoms with Gasteiger partial charge in [-0.25, -0.2) is 4.98 Å². The molecule has 4 N–H and O–H groups in total. The van der Waals surface area contributed by atoms with Gasteiger partial charge in [-0.1, -0.05) is 6.08 Å². The Kier molecular flexibility index (Phi) is 4.78. The van der Waals surface area contributed by atoms with E-state index in [0.29, 0.717) is 23.1 Å². The fraction of sp³-hybridized carbons (Fsp3) is 0.143. The third-order valence-electron chi connectivity index (χ3n) is 2.66. The number of nitrogens with one attached hydrogen (secondary N) is 1. The molecule has 2 aromatic rings. The minimum absolute atomic E-state index is 0.121. The van der Waals surface area contributed by atoms with Crippen LogP contribution in [0, 0.1) is 0 Å². The second kappa shape index (κ2) is 6.76. The van der Waals surface area contributed by atoms with E-state index in [1.165, 1.54) is 18.4 Å². The minimum atomic E-state index is 0.121. The standard InChI is InChI=1S/C14H16N4O2S/c1-3-4-10-5-9(6-11(20-2)13(10)19)7-16-18-14-17-12(15)8-21-14/h3,5-8,19H,1,4,15H2,2H3,(H,17,18). The normalized spacial score (nSPS) is 10.7. The number of hydrogen-bond donors (Lipinski definition) is 3. The van der Waals surface area contributed by atoms with Crippen LogP contribution in [-0.4, -0.2) is 23.4 Å². The van der Waals surface area contributed by atoms with E-state index < -0.39 is 0 Å². The SMILES string of the molecule is C=CCc1cc(C=NNc2nc(N)cs2)cc(OC)c1O. The van der Waals surface area contributed by atoms with Crippen molar-refractivity contribution in [2.75, 3.05) is 18.3 Å². The van der Waals surface area contributed by atoms with E-state index in [1.54, 1.807) is 23.7 Å². The lowest BCUT2D eigenvalue weighted by atomic mass is 10.1. The first kappa shape index (κ1) is 14.9. The highest BCUT2D eigenvalue weighted by Crippen LogP contribution is 2.31. The summed E-state index contributed by atoms with van der Waals surface area (Å²) in [7, 11) is 1.50. The van der Waals surface area contributed by atoms with Gasteiger partial charge in [0.2, 0.25) is 5.13 Å². The lowest BCUT2D eigenvalue weighted by Crippen LogP contribution is -1.95. The molecule has 1 aromatic carbocycles. The molecular weight excluding hydrogens is 288 g/mol. The van der Waals surface area contributed by atoms with Crippen LogP contribution in [0.15, 0.2) is 35.3 Å². The van der Waals surface area contributed by atoms with Gasteiger partial charge in [0.15, 0.2) is 11.5 Å². The number of anilines is 2. The van der Waals surface area contributed by atoms with E-state index in [4.69, 9.17) is 10.5 Å². The van der Waals surface area contributed by atoms with Crippen LogP contribution in [0.1, 0.15) is 11.1 Å². The van der Waals surface area contributed by atoms with Crippen LogP contribution in [0.5, 0.6) is 11.5 Å². The van der Waals surface area contributed by atoms with Gasteiger partial charge in [-0.05, 0) is 24.1 Å². The molecule has 21 heavy (non-hydrogen) atoms. The molecule has 0 spiro atoms. The molecule has 1 heterocycles. The van der Waals surface area contributed by atoms with Crippen LogP contribution < -0.4 is 15.9 Å². The average molecular weight is 304 g/mol. The molecule has 0 radical (unpaired) electrons. The van der Waals surface area contributed by atoms with Crippen molar-refractivity contribution in [3.63, 3.8) is 0 Å². The third-order valence-corrected chi connectivity index (χ3v) is 3.42. The predicted molar refractivity (Wildman–Crippen MR) is 86.3 cm³/mol. The molecule has 110 valence electrons. The maximum Gasteiger partial charge on any atom is 0.205 e. The molecule has 1 aromatic heterocycles. The molecule has 0 fully saturated rings. The molecular formula is C14H16N4O2S. The fourth-order valence-electron chi connectivity index (χ4n) is 1.73. The molecule has 6 nitrogen and oxygen atoms in total. The topological polar surface area (TPSA) is 92.8 Å². The molecule has 2 rings (SSSR count).